The number of aromatic nitrogens is 1. The molecule has 6 heteroatoms. The number of hydrogen-bond acceptors (Lipinski definition) is 5. The first-order chi connectivity index (χ1) is 12.2. The average molecular weight is 361 g/mol. The third-order valence-corrected chi connectivity index (χ3v) is 5.98. The molecule has 2 aliphatic rings. The molecule has 25 heavy (non-hydrogen) atoms. The maximum absolute atomic E-state index is 5.81. The molecule has 1 aliphatic heterocycles. The van der Waals surface area contributed by atoms with Crippen molar-refractivity contribution >= 4 is 22.9 Å². The van der Waals surface area contributed by atoms with E-state index in [-0.39, 0.29) is 5.41 Å². The van der Waals surface area contributed by atoms with Crippen LogP contribution in [0.5, 0.6) is 0 Å². The molecule has 2 heterocycles. The molecule has 2 atom stereocenters. The molecule has 0 bridgehead atoms. The van der Waals surface area contributed by atoms with Crippen molar-refractivity contribution in [2.24, 2.45) is 5.10 Å². The number of rotatable bonds is 5. The number of hydrogen-bond donors (Lipinski definition) is 1. The Morgan fingerprint density at radius 1 is 1.48 bits per heavy atom. The lowest BCUT2D eigenvalue weighted by atomic mass is 9.68. The van der Waals surface area contributed by atoms with E-state index >= 15 is 0 Å². The highest BCUT2D eigenvalue weighted by Gasteiger charge is 2.44. The Morgan fingerprint density at radius 3 is 3.08 bits per heavy atom. The van der Waals surface area contributed by atoms with Crippen LogP contribution in [-0.2, 0) is 10.2 Å². The van der Waals surface area contributed by atoms with Gasteiger partial charge < -0.3 is 10.1 Å². The Morgan fingerprint density at radius 2 is 2.36 bits per heavy atom. The molecule has 1 aliphatic carbocycles. The normalized spacial score (nSPS) is 28.3. The summed E-state index contributed by atoms with van der Waals surface area (Å²) in [4.78, 5) is 5.20. The first-order valence-corrected chi connectivity index (χ1v) is 9.59. The SMILES string of the molecule is CNC(=S)C1(c2cccnc2)CCCCC1=NN1CCCC1COC. The van der Waals surface area contributed by atoms with Crippen LogP contribution in [0.4, 0.5) is 0 Å². The number of thiocarbonyl (C=S) groups is 1. The molecular weight excluding hydrogens is 332 g/mol. The summed E-state index contributed by atoms with van der Waals surface area (Å²) in [5.41, 5.74) is 1.99. The Labute approximate surface area is 155 Å². The molecule has 1 N–H and O–H groups in total. The zero-order valence-electron chi connectivity index (χ0n) is 15.2. The summed E-state index contributed by atoms with van der Waals surface area (Å²) < 4.78 is 5.39. The van der Waals surface area contributed by atoms with E-state index in [9.17, 15) is 0 Å². The fraction of sp³-hybridized carbons (Fsp3) is 0.632. The zero-order valence-corrected chi connectivity index (χ0v) is 16.0. The number of nitrogens with zero attached hydrogens (tertiary/aromatic N) is 3. The molecule has 1 saturated heterocycles. The van der Waals surface area contributed by atoms with Crippen LogP contribution in [-0.4, -0.2) is 54.0 Å². The molecule has 1 saturated carbocycles. The van der Waals surface area contributed by atoms with Gasteiger partial charge in [0, 0.05) is 33.1 Å². The highest BCUT2D eigenvalue weighted by Crippen LogP contribution is 2.39. The van der Waals surface area contributed by atoms with Gasteiger partial charge in [0.25, 0.3) is 0 Å². The Hall–Kier alpha value is -1.53. The van der Waals surface area contributed by atoms with Gasteiger partial charge in [-0.1, -0.05) is 24.7 Å². The molecule has 2 unspecified atom stereocenters. The van der Waals surface area contributed by atoms with Crippen molar-refractivity contribution in [2.45, 2.75) is 50.0 Å². The maximum Gasteiger partial charge on any atom is 0.0916 e. The highest BCUT2D eigenvalue weighted by atomic mass is 32.1. The van der Waals surface area contributed by atoms with Gasteiger partial charge in [0.1, 0.15) is 0 Å². The number of nitrogens with one attached hydrogen (secondary N) is 1. The quantitative estimate of drug-likeness (QED) is 0.818. The lowest BCUT2D eigenvalue weighted by Crippen LogP contribution is -2.51. The van der Waals surface area contributed by atoms with Gasteiger partial charge in [-0.3, -0.25) is 9.99 Å². The van der Waals surface area contributed by atoms with E-state index in [0.717, 1.165) is 55.8 Å². The van der Waals surface area contributed by atoms with Crippen molar-refractivity contribution < 1.29 is 4.74 Å². The molecule has 0 radical (unpaired) electrons. The van der Waals surface area contributed by atoms with Crippen molar-refractivity contribution in [1.29, 1.82) is 0 Å². The van der Waals surface area contributed by atoms with Crippen LogP contribution in [0, 0.1) is 0 Å². The fourth-order valence-corrected chi connectivity index (χ4v) is 4.50. The largest absolute Gasteiger partial charge is 0.382 e. The molecule has 1 aromatic rings. The van der Waals surface area contributed by atoms with Crippen molar-refractivity contribution in [1.82, 2.24) is 15.3 Å². The van der Waals surface area contributed by atoms with E-state index in [4.69, 9.17) is 22.1 Å². The predicted octanol–water partition coefficient (Wildman–Crippen LogP) is 2.91. The molecule has 1 aromatic heterocycles. The first-order valence-electron chi connectivity index (χ1n) is 9.18. The van der Waals surface area contributed by atoms with E-state index in [2.05, 4.69) is 21.4 Å². The average Bonchev–Trinajstić information content (AvgIpc) is 3.09. The number of likely N-dealkylation sites (N-methyl/N-ethyl adjacent to an activating group) is 1. The van der Waals surface area contributed by atoms with Crippen molar-refractivity contribution in [3.05, 3.63) is 30.1 Å². The van der Waals surface area contributed by atoms with E-state index in [0.29, 0.717) is 6.04 Å². The van der Waals surface area contributed by atoms with Crippen LogP contribution in [0.15, 0.2) is 29.6 Å². The van der Waals surface area contributed by atoms with Gasteiger partial charge in [0.2, 0.25) is 0 Å². The van der Waals surface area contributed by atoms with E-state index in [1.165, 1.54) is 12.1 Å². The molecular formula is C19H28N4OS. The van der Waals surface area contributed by atoms with Crippen LogP contribution in [0.1, 0.15) is 44.1 Å². The zero-order chi connectivity index (χ0) is 17.7. The van der Waals surface area contributed by atoms with Crippen LogP contribution >= 0.6 is 12.2 Å². The third kappa shape index (κ3) is 3.55. The first kappa shape index (κ1) is 18.3. The summed E-state index contributed by atoms with van der Waals surface area (Å²) in [5, 5.41) is 10.6. The van der Waals surface area contributed by atoms with Crippen LogP contribution in [0.3, 0.4) is 0 Å². The minimum Gasteiger partial charge on any atom is -0.382 e. The predicted molar refractivity (Wildman–Crippen MR) is 105 cm³/mol. The standard InChI is InChI=1S/C19H28N4OS/c1-20-18(25)19(15-7-5-11-21-13-15)10-4-3-9-17(19)22-23-12-6-8-16(23)14-24-2/h5,7,11,13,16H,3-4,6,8-10,12,14H2,1-2H3,(H,20,25). The molecule has 3 rings (SSSR count). The van der Waals surface area contributed by atoms with Gasteiger partial charge in [-0.2, -0.15) is 5.10 Å². The summed E-state index contributed by atoms with van der Waals surface area (Å²) in [6, 6.07) is 4.49. The Bertz CT molecular complexity index is 621. The van der Waals surface area contributed by atoms with Crippen molar-refractivity contribution in [3.8, 4) is 0 Å². The van der Waals surface area contributed by atoms with E-state index in [1.807, 2.05) is 25.5 Å². The Kier molecular flexibility index (Phi) is 6.02. The third-order valence-electron chi connectivity index (χ3n) is 5.43. The summed E-state index contributed by atoms with van der Waals surface area (Å²) in [7, 11) is 3.68. The lowest BCUT2D eigenvalue weighted by molar-refractivity contribution is 0.117. The monoisotopic (exact) mass is 360 g/mol. The van der Waals surface area contributed by atoms with Gasteiger partial charge in [0.15, 0.2) is 0 Å². The summed E-state index contributed by atoms with van der Waals surface area (Å²) >= 11 is 5.81. The summed E-state index contributed by atoms with van der Waals surface area (Å²) in [5.74, 6) is 0. The topological polar surface area (TPSA) is 49.8 Å². The molecule has 5 nitrogen and oxygen atoms in total. The van der Waals surface area contributed by atoms with Crippen LogP contribution < -0.4 is 5.32 Å². The molecule has 0 aromatic carbocycles. The van der Waals surface area contributed by atoms with Crippen molar-refractivity contribution in [2.75, 3.05) is 27.3 Å². The fourth-order valence-electron chi connectivity index (χ4n) is 4.16. The number of methoxy groups -OCH3 is 1. The summed E-state index contributed by atoms with van der Waals surface area (Å²) in [6.07, 6.45) is 10.3. The van der Waals surface area contributed by atoms with Crippen LogP contribution in [0.2, 0.25) is 0 Å². The molecule has 2 fully saturated rings. The Balaban J connectivity index is 2.02. The number of hydrazone groups is 1. The van der Waals surface area contributed by atoms with Gasteiger partial charge in [0.05, 0.1) is 28.8 Å². The minimum absolute atomic E-state index is 0.337. The second kappa shape index (κ2) is 8.23. The lowest BCUT2D eigenvalue weighted by Gasteiger charge is -2.40. The number of ether oxygens (including phenoxy) is 1. The van der Waals surface area contributed by atoms with Gasteiger partial charge >= 0.3 is 0 Å². The van der Waals surface area contributed by atoms with Gasteiger partial charge in [-0.05, 0) is 43.7 Å². The minimum atomic E-state index is -0.337. The van der Waals surface area contributed by atoms with Crippen LogP contribution in [0.25, 0.3) is 0 Å². The molecule has 136 valence electrons. The molecule has 0 amide bonds. The van der Waals surface area contributed by atoms with Gasteiger partial charge in [-0.25, -0.2) is 0 Å². The second-order valence-electron chi connectivity index (χ2n) is 6.89. The van der Waals surface area contributed by atoms with E-state index in [1.54, 1.807) is 7.11 Å². The van der Waals surface area contributed by atoms with Crippen molar-refractivity contribution in [3.63, 3.8) is 0 Å². The maximum atomic E-state index is 5.81. The van der Waals surface area contributed by atoms with E-state index < -0.39 is 0 Å². The van der Waals surface area contributed by atoms with Gasteiger partial charge in [-0.15, -0.1) is 0 Å². The second-order valence-corrected chi connectivity index (χ2v) is 7.30. The number of pyridine rings is 1. The smallest absolute Gasteiger partial charge is 0.0916 e. The summed E-state index contributed by atoms with van der Waals surface area (Å²) in [6.45, 7) is 1.72. The highest BCUT2D eigenvalue weighted by molar-refractivity contribution is 7.80. The molecule has 0 spiro atoms.